The van der Waals surface area contributed by atoms with Gasteiger partial charge in [0.05, 0.1) is 12.7 Å². The number of nitrogens with two attached hydrogens (primary N) is 1. The SMILES string of the molecule is COCC(CCCN)NCCCOC(C)C. The van der Waals surface area contributed by atoms with Gasteiger partial charge in [-0.05, 0) is 46.2 Å². The summed E-state index contributed by atoms with van der Waals surface area (Å²) in [4.78, 5) is 0. The van der Waals surface area contributed by atoms with Crippen LogP contribution in [0.4, 0.5) is 0 Å². The average Bonchev–Trinajstić information content (AvgIpc) is 2.24. The minimum absolute atomic E-state index is 0.326. The van der Waals surface area contributed by atoms with Crippen molar-refractivity contribution in [3.63, 3.8) is 0 Å². The molecule has 0 aromatic carbocycles. The summed E-state index contributed by atoms with van der Waals surface area (Å²) in [7, 11) is 1.74. The molecule has 16 heavy (non-hydrogen) atoms. The van der Waals surface area contributed by atoms with E-state index in [4.69, 9.17) is 15.2 Å². The van der Waals surface area contributed by atoms with Gasteiger partial charge in [-0.15, -0.1) is 0 Å². The summed E-state index contributed by atoms with van der Waals surface area (Å²) in [5, 5.41) is 3.47. The molecular formula is C12H28N2O2. The molecule has 0 spiro atoms. The maximum atomic E-state index is 5.49. The molecule has 0 saturated carbocycles. The number of hydrogen-bond donors (Lipinski definition) is 2. The van der Waals surface area contributed by atoms with Gasteiger partial charge in [0.2, 0.25) is 0 Å². The number of rotatable bonds is 11. The van der Waals surface area contributed by atoms with Gasteiger partial charge in [-0.2, -0.15) is 0 Å². The van der Waals surface area contributed by atoms with Crippen molar-refractivity contribution in [2.75, 3.05) is 33.4 Å². The van der Waals surface area contributed by atoms with Crippen LogP contribution in [0.15, 0.2) is 0 Å². The van der Waals surface area contributed by atoms with E-state index in [0.29, 0.717) is 12.1 Å². The highest BCUT2D eigenvalue weighted by Crippen LogP contribution is 1.97. The maximum Gasteiger partial charge on any atom is 0.0615 e. The van der Waals surface area contributed by atoms with E-state index in [1.807, 2.05) is 0 Å². The highest BCUT2D eigenvalue weighted by Gasteiger charge is 2.06. The monoisotopic (exact) mass is 232 g/mol. The van der Waals surface area contributed by atoms with E-state index in [-0.39, 0.29) is 0 Å². The molecule has 98 valence electrons. The lowest BCUT2D eigenvalue weighted by Crippen LogP contribution is -2.34. The molecule has 0 radical (unpaired) electrons. The van der Waals surface area contributed by atoms with Crippen LogP contribution in [0.25, 0.3) is 0 Å². The summed E-state index contributed by atoms with van der Waals surface area (Å²) in [5.74, 6) is 0. The third kappa shape index (κ3) is 10.4. The molecule has 0 aliphatic heterocycles. The lowest BCUT2D eigenvalue weighted by Gasteiger charge is -2.17. The average molecular weight is 232 g/mol. The third-order valence-electron chi connectivity index (χ3n) is 2.33. The highest BCUT2D eigenvalue weighted by atomic mass is 16.5. The first kappa shape index (κ1) is 15.8. The van der Waals surface area contributed by atoms with Crippen LogP contribution in [0, 0.1) is 0 Å². The zero-order chi connectivity index (χ0) is 12.2. The maximum absolute atomic E-state index is 5.49. The smallest absolute Gasteiger partial charge is 0.0615 e. The molecule has 0 aromatic rings. The molecule has 4 heteroatoms. The topological polar surface area (TPSA) is 56.5 Å². The van der Waals surface area contributed by atoms with E-state index in [0.717, 1.165) is 45.6 Å². The Morgan fingerprint density at radius 1 is 1.25 bits per heavy atom. The molecule has 0 aliphatic rings. The van der Waals surface area contributed by atoms with Gasteiger partial charge in [0, 0.05) is 19.8 Å². The van der Waals surface area contributed by atoms with E-state index in [9.17, 15) is 0 Å². The van der Waals surface area contributed by atoms with Crippen molar-refractivity contribution in [1.82, 2.24) is 5.32 Å². The molecule has 1 atom stereocenters. The lowest BCUT2D eigenvalue weighted by molar-refractivity contribution is 0.0756. The standard InChI is InChI=1S/C12H28N2O2/c1-11(2)16-9-5-8-14-12(10-15-3)6-4-7-13/h11-12,14H,4-10,13H2,1-3H3. The Bertz CT molecular complexity index is 143. The fourth-order valence-electron chi connectivity index (χ4n) is 1.51. The van der Waals surface area contributed by atoms with Gasteiger partial charge < -0.3 is 20.5 Å². The van der Waals surface area contributed by atoms with Crippen LogP contribution in [0.2, 0.25) is 0 Å². The van der Waals surface area contributed by atoms with E-state index in [1.165, 1.54) is 0 Å². The molecule has 4 nitrogen and oxygen atoms in total. The minimum atomic E-state index is 0.326. The Balaban J connectivity index is 3.43. The molecule has 0 fully saturated rings. The molecule has 0 rings (SSSR count). The fourth-order valence-corrected chi connectivity index (χ4v) is 1.51. The molecule has 3 N–H and O–H groups in total. The zero-order valence-corrected chi connectivity index (χ0v) is 11.0. The van der Waals surface area contributed by atoms with E-state index >= 15 is 0 Å². The van der Waals surface area contributed by atoms with E-state index < -0.39 is 0 Å². The molecule has 0 saturated heterocycles. The van der Waals surface area contributed by atoms with Crippen molar-refractivity contribution in [3.05, 3.63) is 0 Å². The second-order valence-electron chi connectivity index (χ2n) is 4.31. The number of nitrogens with one attached hydrogen (secondary N) is 1. The summed E-state index contributed by atoms with van der Waals surface area (Å²) in [5.41, 5.74) is 5.49. The van der Waals surface area contributed by atoms with Crippen LogP contribution >= 0.6 is 0 Å². The molecule has 0 heterocycles. The Labute approximate surface area is 99.9 Å². The fraction of sp³-hybridized carbons (Fsp3) is 1.00. The van der Waals surface area contributed by atoms with Gasteiger partial charge in [0.1, 0.15) is 0 Å². The first-order valence-electron chi connectivity index (χ1n) is 6.24. The van der Waals surface area contributed by atoms with Crippen LogP contribution in [-0.4, -0.2) is 45.6 Å². The van der Waals surface area contributed by atoms with Crippen molar-refractivity contribution in [2.45, 2.75) is 45.3 Å². The van der Waals surface area contributed by atoms with Crippen LogP contribution < -0.4 is 11.1 Å². The van der Waals surface area contributed by atoms with E-state index in [2.05, 4.69) is 19.2 Å². The van der Waals surface area contributed by atoms with Crippen LogP contribution in [0.1, 0.15) is 33.1 Å². The Morgan fingerprint density at radius 3 is 2.56 bits per heavy atom. The zero-order valence-electron chi connectivity index (χ0n) is 11.0. The summed E-state index contributed by atoms with van der Waals surface area (Å²) in [6.45, 7) is 7.42. The molecular weight excluding hydrogens is 204 g/mol. The predicted octanol–water partition coefficient (Wildman–Crippen LogP) is 1.15. The predicted molar refractivity (Wildman–Crippen MR) is 67.7 cm³/mol. The minimum Gasteiger partial charge on any atom is -0.383 e. The first-order chi connectivity index (χ1) is 7.70. The second kappa shape index (κ2) is 11.3. The molecule has 1 unspecified atom stereocenters. The Hall–Kier alpha value is -0.160. The van der Waals surface area contributed by atoms with Crippen LogP contribution in [-0.2, 0) is 9.47 Å². The van der Waals surface area contributed by atoms with Gasteiger partial charge in [0.15, 0.2) is 0 Å². The third-order valence-corrected chi connectivity index (χ3v) is 2.33. The normalized spacial score (nSPS) is 13.3. The van der Waals surface area contributed by atoms with Crippen molar-refractivity contribution in [3.8, 4) is 0 Å². The van der Waals surface area contributed by atoms with Crippen molar-refractivity contribution in [2.24, 2.45) is 5.73 Å². The Kier molecular flexibility index (Phi) is 11.2. The number of ether oxygens (including phenoxy) is 2. The van der Waals surface area contributed by atoms with Crippen molar-refractivity contribution >= 4 is 0 Å². The lowest BCUT2D eigenvalue weighted by atomic mass is 10.1. The Morgan fingerprint density at radius 2 is 2.00 bits per heavy atom. The summed E-state index contributed by atoms with van der Waals surface area (Å²) < 4.78 is 10.6. The van der Waals surface area contributed by atoms with Crippen LogP contribution in [0.5, 0.6) is 0 Å². The van der Waals surface area contributed by atoms with Gasteiger partial charge >= 0.3 is 0 Å². The van der Waals surface area contributed by atoms with Crippen molar-refractivity contribution < 1.29 is 9.47 Å². The quantitative estimate of drug-likeness (QED) is 0.525. The largest absolute Gasteiger partial charge is 0.383 e. The summed E-state index contributed by atoms with van der Waals surface area (Å²) >= 11 is 0. The highest BCUT2D eigenvalue weighted by molar-refractivity contribution is 4.66. The summed E-state index contributed by atoms with van der Waals surface area (Å²) in [6, 6.07) is 0.424. The number of methoxy groups -OCH3 is 1. The molecule has 0 aromatic heterocycles. The van der Waals surface area contributed by atoms with Gasteiger partial charge in [-0.25, -0.2) is 0 Å². The molecule has 0 bridgehead atoms. The van der Waals surface area contributed by atoms with Crippen molar-refractivity contribution in [1.29, 1.82) is 0 Å². The molecule has 0 aliphatic carbocycles. The van der Waals surface area contributed by atoms with E-state index in [1.54, 1.807) is 7.11 Å². The van der Waals surface area contributed by atoms with Gasteiger partial charge in [0.25, 0.3) is 0 Å². The second-order valence-corrected chi connectivity index (χ2v) is 4.31. The van der Waals surface area contributed by atoms with Crippen LogP contribution in [0.3, 0.4) is 0 Å². The van der Waals surface area contributed by atoms with Gasteiger partial charge in [-0.1, -0.05) is 0 Å². The first-order valence-corrected chi connectivity index (χ1v) is 6.24. The summed E-state index contributed by atoms with van der Waals surface area (Å²) in [6.07, 6.45) is 3.49. The number of hydrogen-bond acceptors (Lipinski definition) is 4. The van der Waals surface area contributed by atoms with Gasteiger partial charge in [-0.3, -0.25) is 0 Å². The molecule has 0 amide bonds.